The Kier molecular flexibility index (Phi) is 3.79. The number of likely N-dealkylation sites (tertiary alicyclic amines) is 1. The van der Waals surface area contributed by atoms with Crippen LogP contribution in [0.25, 0.3) is 0 Å². The standard InChI is InChI=1S/C17H19N5O3/c18-15-9-12(3-6-21(15)11-23)22-7-8-25-14-10-13(19-16(14)22)17(24)20-4-1-2-5-20/h3,6,9-11,18-19H,1-2,4-5,7-8H2. The Labute approximate surface area is 144 Å². The van der Waals surface area contributed by atoms with Crippen molar-refractivity contribution in [3.63, 3.8) is 0 Å². The van der Waals surface area contributed by atoms with Crippen molar-refractivity contribution in [2.24, 2.45) is 0 Å². The lowest BCUT2D eigenvalue weighted by atomic mass is 10.3. The first-order valence-electron chi connectivity index (χ1n) is 8.32. The molecule has 8 nitrogen and oxygen atoms in total. The Morgan fingerprint density at radius 3 is 2.76 bits per heavy atom. The van der Waals surface area contributed by atoms with E-state index >= 15 is 0 Å². The van der Waals surface area contributed by atoms with Crippen LogP contribution in [0.15, 0.2) is 24.4 Å². The van der Waals surface area contributed by atoms with E-state index in [0.717, 1.165) is 31.6 Å². The van der Waals surface area contributed by atoms with Crippen LogP contribution < -0.4 is 15.1 Å². The third kappa shape index (κ3) is 2.69. The van der Waals surface area contributed by atoms with Gasteiger partial charge in [-0.2, -0.15) is 0 Å². The minimum Gasteiger partial charge on any atom is -0.488 e. The number of rotatable bonds is 3. The van der Waals surface area contributed by atoms with Gasteiger partial charge in [-0.05, 0) is 18.9 Å². The average molecular weight is 341 g/mol. The Morgan fingerprint density at radius 2 is 2.04 bits per heavy atom. The molecule has 2 aromatic heterocycles. The molecule has 0 saturated carbocycles. The number of hydrogen-bond donors (Lipinski definition) is 2. The van der Waals surface area contributed by atoms with Gasteiger partial charge in [-0.1, -0.05) is 0 Å². The Bertz CT molecular complexity index is 879. The van der Waals surface area contributed by atoms with Crippen LogP contribution in [0, 0.1) is 5.41 Å². The van der Waals surface area contributed by atoms with Crippen molar-refractivity contribution in [3.8, 4) is 5.75 Å². The topological polar surface area (TPSA) is 94.4 Å². The molecule has 0 aromatic carbocycles. The van der Waals surface area contributed by atoms with Crippen LogP contribution in [-0.4, -0.2) is 53.0 Å². The number of pyridine rings is 1. The fourth-order valence-electron chi connectivity index (χ4n) is 3.32. The second kappa shape index (κ2) is 6.12. The van der Waals surface area contributed by atoms with E-state index in [2.05, 4.69) is 4.98 Å². The monoisotopic (exact) mass is 341 g/mol. The fraction of sp³-hybridized carbons (Fsp3) is 0.353. The molecule has 25 heavy (non-hydrogen) atoms. The third-order valence-electron chi connectivity index (χ3n) is 4.62. The van der Waals surface area contributed by atoms with Gasteiger partial charge >= 0.3 is 0 Å². The van der Waals surface area contributed by atoms with Gasteiger partial charge in [0.05, 0.1) is 6.54 Å². The second-order valence-electron chi connectivity index (χ2n) is 6.18. The van der Waals surface area contributed by atoms with Gasteiger partial charge in [-0.25, -0.2) is 0 Å². The van der Waals surface area contributed by atoms with Gasteiger partial charge in [0.25, 0.3) is 5.91 Å². The number of aromatic amines is 1. The van der Waals surface area contributed by atoms with E-state index in [-0.39, 0.29) is 11.4 Å². The summed E-state index contributed by atoms with van der Waals surface area (Å²) in [5.74, 6) is 1.33. The van der Waals surface area contributed by atoms with Gasteiger partial charge in [0.1, 0.15) is 17.8 Å². The lowest BCUT2D eigenvalue weighted by molar-refractivity contribution is 0.0787. The molecule has 8 heteroatoms. The maximum atomic E-state index is 12.6. The number of nitrogens with zero attached hydrogens (tertiary/aromatic N) is 3. The molecular weight excluding hydrogens is 322 g/mol. The predicted molar refractivity (Wildman–Crippen MR) is 90.9 cm³/mol. The van der Waals surface area contributed by atoms with Gasteiger partial charge in [0.2, 0.25) is 6.41 Å². The molecule has 0 radical (unpaired) electrons. The van der Waals surface area contributed by atoms with Gasteiger partial charge < -0.3 is 19.5 Å². The number of nitrogens with one attached hydrogen (secondary N) is 2. The van der Waals surface area contributed by atoms with E-state index in [1.807, 2.05) is 9.80 Å². The Morgan fingerprint density at radius 1 is 1.24 bits per heavy atom. The van der Waals surface area contributed by atoms with Crippen LogP contribution in [0.3, 0.4) is 0 Å². The summed E-state index contributed by atoms with van der Waals surface area (Å²) in [6.07, 6.45) is 4.24. The molecule has 130 valence electrons. The van der Waals surface area contributed by atoms with Gasteiger partial charge in [0.15, 0.2) is 11.6 Å². The van der Waals surface area contributed by atoms with E-state index in [0.29, 0.717) is 36.8 Å². The van der Waals surface area contributed by atoms with E-state index in [1.165, 1.54) is 4.57 Å². The van der Waals surface area contributed by atoms with Gasteiger partial charge in [-0.15, -0.1) is 0 Å². The van der Waals surface area contributed by atoms with Crippen molar-refractivity contribution in [1.29, 1.82) is 5.41 Å². The number of anilines is 2. The molecule has 1 amide bonds. The lowest BCUT2D eigenvalue weighted by Gasteiger charge is -2.28. The summed E-state index contributed by atoms with van der Waals surface area (Å²) >= 11 is 0. The summed E-state index contributed by atoms with van der Waals surface area (Å²) in [4.78, 5) is 30.5. The van der Waals surface area contributed by atoms with Gasteiger partial charge in [0, 0.05) is 37.1 Å². The number of H-pyrrole nitrogens is 1. The zero-order valence-corrected chi connectivity index (χ0v) is 13.7. The molecule has 1 saturated heterocycles. The molecule has 2 aliphatic rings. The summed E-state index contributed by atoms with van der Waals surface area (Å²) in [5, 5.41) is 7.90. The SMILES string of the molecule is N=c1cc(N2CCOc3cc(C(=O)N4CCCC4)[nH]c32)ccn1C=O. The normalized spacial score (nSPS) is 16.5. The van der Waals surface area contributed by atoms with Crippen LogP contribution in [0.4, 0.5) is 11.5 Å². The summed E-state index contributed by atoms with van der Waals surface area (Å²) in [6.45, 7) is 2.66. The fourth-order valence-corrected chi connectivity index (χ4v) is 3.32. The highest BCUT2D eigenvalue weighted by Crippen LogP contribution is 2.36. The van der Waals surface area contributed by atoms with Crippen molar-refractivity contribution >= 4 is 23.8 Å². The number of fused-ring (bicyclic) bond motifs is 1. The Balaban J connectivity index is 1.68. The molecule has 0 unspecified atom stereocenters. The third-order valence-corrected chi connectivity index (χ3v) is 4.62. The van der Waals surface area contributed by atoms with E-state index in [9.17, 15) is 9.59 Å². The molecule has 0 atom stereocenters. The average Bonchev–Trinajstić information content (AvgIpc) is 3.30. The zero-order valence-electron chi connectivity index (χ0n) is 13.7. The molecular formula is C17H19N5O3. The van der Waals surface area contributed by atoms with Crippen molar-refractivity contribution in [1.82, 2.24) is 14.5 Å². The van der Waals surface area contributed by atoms with Crippen LogP contribution in [0.5, 0.6) is 5.75 Å². The summed E-state index contributed by atoms with van der Waals surface area (Å²) in [5.41, 5.74) is 1.39. The van der Waals surface area contributed by atoms with E-state index in [1.54, 1.807) is 24.4 Å². The molecule has 2 aliphatic heterocycles. The van der Waals surface area contributed by atoms with Crippen LogP contribution >= 0.6 is 0 Å². The Hall–Kier alpha value is -3.03. The van der Waals surface area contributed by atoms with Crippen molar-refractivity contribution in [3.05, 3.63) is 35.6 Å². The molecule has 0 bridgehead atoms. The summed E-state index contributed by atoms with van der Waals surface area (Å²) in [6, 6.07) is 5.13. The molecule has 2 aromatic rings. The molecule has 1 fully saturated rings. The van der Waals surface area contributed by atoms with Crippen molar-refractivity contribution in [2.45, 2.75) is 12.8 Å². The number of carbonyl (C=O) groups is 2. The highest BCUT2D eigenvalue weighted by atomic mass is 16.5. The number of aromatic nitrogens is 2. The molecule has 4 heterocycles. The van der Waals surface area contributed by atoms with Crippen LogP contribution in [0.1, 0.15) is 23.3 Å². The smallest absolute Gasteiger partial charge is 0.270 e. The summed E-state index contributed by atoms with van der Waals surface area (Å²) in [7, 11) is 0. The van der Waals surface area contributed by atoms with E-state index in [4.69, 9.17) is 10.1 Å². The predicted octanol–water partition coefficient (Wildman–Crippen LogP) is 1.10. The summed E-state index contributed by atoms with van der Waals surface area (Å²) < 4.78 is 6.89. The highest BCUT2D eigenvalue weighted by molar-refractivity contribution is 5.94. The molecule has 0 aliphatic carbocycles. The first-order chi connectivity index (χ1) is 12.2. The van der Waals surface area contributed by atoms with Crippen LogP contribution in [-0.2, 0) is 4.79 Å². The maximum absolute atomic E-state index is 12.6. The number of ether oxygens (including phenoxy) is 1. The number of hydrogen-bond acceptors (Lipinski definition) is 5. The largest absolute Gasteiger partial charge is 0.488 e. The highest BCUT2D eigenvalue weighted by Gasteiger charge is 2.27. The zero-order chi connectivity index (χ0) is 17.4. The van der Waals surface area contributed by atoms with E-state index < -0.39 is 0 Å². The minimum absolute atomic E-state index is 0.0107. The maximum Gasteiger partial charge on any atom is 0.270 e. The van der Waals surface area contributed by atoms with Crippen molar-refractivity contribution in [2.75, 3.05) is 31.1 Å². The molecule has 4 rings (SSSR count). The number of carbonyl (C=O) groups excluding carboxylic acids is 2. The van der Waals surface area contributed by atoms with Gasteiger partial charge in [-0.3, -0.25) is 19.6 Å². The number of amides is 1. The first-order valence-corrected chi connectivity index (χ1v) is 8.32. The lowest BCUT2D eigenvalue weighted by Crippen LogP contribution is -2.30. The quantitative estimate of drug-likeness (QED) is 0.818. The minimum atomic E-state index is -0.0107. The molecule has 0 spiro atoms. The second-order valence-corrected chi connectivity index (χ2v) is 6.18. The molecule has 2 N–H and O–H groups in total. The van der Waals surface area contributed by atoms with Crippen molar-refractivity contribution < 1.29 is 14.3 Å². The van der Waals surface area contributed by atoms with Crippen LogP contribution in [0.2, 0.25) is 0 Å². The first kappa shape index (κ1) is 15.5.